The van der Waals surface area contributed by atoms with Crippen LogP contribution >= 0.6 is 0 Å². The fraction of sp³-hybridized carbons (Fsp3) is 0.318. The summed E-state index contributed by atoms with van der Waals surface area (Å²) in [5.41, 5.74) is 3.58. The van der Waals surface area contributed by atoms with Crippen molar-refractivity contribution in [1.82, 2.24) is 5.32 Å². The minimum atomic E-state index is -0.481. The van der Waals surface area contributed by atoms with E-state index in [-0.39, 0.29) is 30.9 Å². The van der Waals surface area contributed by atoms with Gasteiger partial charge >= 0.3 is 5.97 Å². The largest absolute Gasteiger partial charge is 0.455 e. The second-order valence-corrected chi connectivity index (χ2v) is 6.65. The Morgan fingerprint density at radius 3 is 2.21 bits per heavy atom. The van der Waals surface area contributed by atoms with Crippen LogP contribution in [0, 0.1) is 6.92 Å². The first-order valence-electron chi connectivity index (χ1n) is 9.25. The van der Waals surface area contributed by atoms with Gasteiger partial charge in [0.2, 0.25) is 5.91 Å². The normalized spacial score (nSPS) is 11.4. The van der Waals surface area contributed by atoms with Crippen LogP contribution in [-0.2, 0) is 25.5 Å². The maximum atomic E-state index is 12.1. The lowest BCUT2D eigenvalue weighted by molar-refractivity contribution is -0.148. The fourth-order valence-electron chi connectivity index (χ4n) is 2.73. The molecule has 0 aliphatic heterocycles. The molecule has 1 atom stereocenters. The standard InChI is InChI=1S/C22H26N2O4/c1-4-20(18-9-5-15(2)6-10-18)24-21(26)14-28-22(27)13-17-7-11-19(12-8-17)23-16(3)25/h5-12,20H,4,13-14H2,1-3H3,(H,23,25)(H,24,26)/t20-/m0/s1. The molecule has 0 spiro atoms. The van der Waals surface area contributed by atoms with Crippen molar-refractivity contribution in [3.8, 4) is 0 Å². The Morgan fingerprint density at radius 1 is 1.00 bits per heavy atom. The van der Waals surface area contributed by atoms with E-state index in [1.165, 1.54) is 6.92 Å². The second-order valence-electron chi connectivity index (χ2n) is 6.65. The molecule has 0 unspecified atom stereocenters. The summed E-state index contributed by atoms with van der Waals surface area (Å²) in [6.07, 6.45) is 0.798. The van der Waals surface area contributed by atoms with E-state index in [9.17, 15) is 14.4 Å². The summed E-state index contributed by atoms with van der Waals surface area (Å²) in [7, 11) is 0. The predicted molar refractivity (Wildman–Crippen MR) is 108 cm³/mol. The van der Waals surface area contributed by atoms with Crippen LogP contribution in [0.2, 0.25) is 0 Å². The lowest BCUT2D eigenvalue weighted by Crippen LogP contribution is -2.32. The van der Waals surface area contributed by atoms with Crippen LogP contribution in [0.25, 0.3) is 0 Å². The predicted octanol–water partition coefficient (Wildman–Crippen LogP) is 3.31. The highest BCUT2D eigenvalue weighted by molar-refractivity contribution is 5.88. The number of aryl methyl sites for hydroxylation is 1. The van der Waals surface area contributed by atoms with Crippen molar-refractivity contribution < 1.29 is 19.1 Å². The molecule has 2 N–H and O–H groups in total. The number of nitrogens with one attached hydrogen (secondary N) is 2. The summed E-state index contributed by atoms with van der Waals surface area (Å²) < 4.78 is 5.08. The van der Waals surface area contributed by atoms with Crippen molar-refractivity contribution in [2.45, 2.75) is 39.7 Å². The van der Waals surface area contributed by atoms with Gasteiger partial charge in [-0.2, -0.15) is 0 Å². The Hall–Kier alpha value is -3.15. The molecule has 0 saturated heterocycles. The third-order valence-corrected chi connectivity index (χ3v) is 4.21. The minimum absolute atomic E-state index is 0.0583. The van der Waals surface area contributed by atoms with Crippen molar-refractivity contribution in [2.24, 2.45) is 0 Å². The van der Waals surface area contributed by atoms with Gasteiger partial charge in [0.05, 0.1) is 12.5 Å². The summed E-state index contributed by atoms with van der Waals surface area (Å²) in [4.78, 5) is 35.1. The zero-order valence-corrected chi connectivity index (χ0v) is 16.5. The van der Waals surface area contributed by atoms with Crippen LogP contribution in [0.15, 0.2) is 48.5 Å². The average molecular weight is 382 g/mol. The Kier molecular flexibility index (Phi) is 7.75. The molecule has 0 aliphatic rings. The molecule has 0 fully saturated rings. The number of hydrogen-bond acceptors (Lipinski definition) is 4. The van der Waals surface area contributed by atoms with Gasteiger partial charge in [-0.05, 0) is 36.6 Å². The smallest absolute Gasteiger partial charge is 0.310 e. The first-order valence-corrected chi connectivity index (χ1v) is 9.25. The van der Waals surface area contributed by atoms with E-state index in [4.69, 9.17) is 4.74 Å². The topological polar surface area (TPSA) is 84.5 Å². The van der Waals surface area contributed by atoms with Gasteiger partial charge in [-0.1, -0.05) is 48.9 Å². The highest BCUT2D eigenvalue weighted by atomic mass is 16.5. The number of carbonyl (C=O) groups excluding carboxylic acids is 3. The van der Waals surface area contributed by atoms with Crippen LogP contribution in [-0.4, -0.2) is 24.4 Å². The summed E-state index contributed by atoms with van der Waals surface area (Å²) in [6, 6.07) is 14.7. The average Bonchev–Trinajstić information content (AvgIpc) is 2.66. The van der Waals surface area contributed by atoms with Crippen LogP contribution in [0.5, 0.6) is 0 Å². The molecule has 0 bridgehead atoms. The van der Waals surface area contributed by atoms with Crippen molar-refractivity contribution >= 4 is 23.5 Å². The van der Waals surface area contributed by atoms with Crippen LogP contribution in [0.3, 0.4) is 0 Å². The maximum absolute atomic E-state index is 12.1. The van der Waals surface area contributed by atoms with E-state index in [1.807, 2.05) is 38.1 Å². The zero-order valence-electron chi connectivity index (χ0n) is 16.5. The van der Waals surface area contributed by atoms with Crippen molar-refractivity contribution in [3.05, 3.63) is 65.2 Å². The monoisotopic (exact) mass is 382 g/mol. The number of hydrogen-bond donors (Lipinski definition) is 2. The maximum Gasteiger partial charge on any atom is 0.310 e. The molecule has 2 aromatic carbocycles. The Labute approximate surface area is 165 Å². The third-order valence-electron chi connectivity index (χ3n) is 4.21. The van der Waals surface area contributed by atoms with E-state index >= 15 is 0 Å². The van der Waals surface area contributed by atoms with Crippen molar-refractivity contribution in [1.29, 1.82) is 0 Å². The van der Waals surface area contributed by atoms with Gasteiger partial charge < -0.3 is 15.4 Å². The lowest BCUT2D eigenvalue weighted by Gasteiger charge is -2.17. The molecule has 0 radical (unpaired) electrons. The molecular weight excluding hydrogens is 356 g/mol. The lowest BCUT2D eigenvalue weighted by atomic mass is 10.0. The molecule has 0 aromatic heterocycles. The Morgan fingerprint density at radius 2 is 1.64 bits per heavy atom. The highest BCUT2D eigenvalue weighted by Crippen LogP contribution is 2.17. The molecule has 148 valence electrons. The van der Waals surface area contributed by atoms with E-state index in [1.54, 1.807) is 24.3 Å². The first kappa shape index (κ1) is 21.2. The molecule has 6 heteroatoms. The number of carbonyl (C=O) groups is 3. The van der Waals surface area contributed by atoms with E-state index in [0.29, 0.717) is 5.69 Å². The van der Waals surface area contributed by atoms with E-state index in [2.05, 4.69) is 10.6 Å². The number of rotatable bonds is 8. The number of benzene rings is 2. The van der Waals surface area contributed by atoms with Gasteiger partial charge in [-0.15, -0.1) is 0 Å². The van der Waals surface area contributed by atoms with Crippen LogP contribution in [0.1, 0.15) is 43.0 Å². The van der Waals surface area contributed by atoms with Gasteiger partial charge in [-0.25, -0.2) is 0 Å². The summed E-state index contributed by atoms with van der Waals surface area (Å²) in [5, 5.41) is 5.55. The molecule has 0 saturated carbocycles. The van der Waals surface area contributed by atoms with Gasteiger partial charge in [0.1, 0.15) is 0 Å². The fourth-order valence-corrected chi connectivity index (χ4v) is 2.73. The molecular formula is C22H26N2O4. The molecule has 6 nitrogen and oxygen atoms in total. The Bertz CT molecular complexity index is 813. The van der Waals surface area contributed by atoms with E-state index in [0.717, 1.165) is 23.1 Å². The molecule has 0 aliphatic carbocycles. The molecule has 2 aromatic rings. The van der Waals surface area contributed by atoms with Crippen molar-refractivity contribution in [2.75, 3.05) is 11.9 Å². The van der Waals surface area contributed by atoms with Gasteiger partial charge in [0.25, 0.3) is 5.91 Å². The summed E-state index contributed by atoms with van der Waals surface area (Å²) in [5.74, 6) is -0.971. The first-order chi connectivity index (χ1) is 13.4. The summed E-state index contributed by atoms with van der Waals surface area (Å²) >= 11 is 0. The number of ether oxygens (including phenoxy) is 1. The molecule has 28 heavy (non-hydrogen) atoms. The molecule has 2 amide bonds. The number of amides is 2. The van der Waals surface area contributed by atoms with Crippen LogP contribution in [0.4, 0.5) is 5.69 Å². The minimum Gasteiger partial charge on any atom is -0.455 e. The zero-order chi connectivity index (χ0) is 20.5. The van der Waals surface area contributed by atoms with E-state index < -0.39 is 5.97 Å². The highest BCUT2D eigenvalue weighted by Gasteiger charge is 2.14. The quantitative estimate of drug-likeness (QED) is 0.686. The molecule has 0 heterocycles. The molecule has 2 rings (SSSR count). The van der Waals surface area contributed by atoms with Gasteiger partial charge in [0, 0.05) is 12.6 Å². The SMILES string of the molecule is CC[C@H](NC(=O)COC(=O)Cc1ccc(NC(C)=O)cc1)c1ccc(C)cc1. The van der Waals surface area contributed by atoms with Crippen LogP contribution < -0.4 is 10.6 Å². The number of esters is 1. The second kappa shape index (κ2) is 10.3. The van der Waals surface area contributed by atoms with Gasteiger partial charge in [0.15, 0.2) is 6.61 Å². The van der Waals surface area contributed by atoms with Gasteiger partial charge in [-0.3, -0.25) is 14.4 Å². The Balaban J connectivity index is 1.80. The van der Waals surface area contributed by atoms with Crippen molar-refractivity contribution in [3.63, 3.8) is 0 Å². The summed E-state index contributed by atoms with van der Waals surface area (Å²) in [6.45, 7) is 5.11. The third kappa shape index (κ3) is 6.87. The number of anilines is 1.